The first-order chi connectivity index (χ1) is 11.8. The van der Waals surface area contributed by atoms with Gasteiger partial charge in [0.1, 0.15) is 10.7 Å². The molecule has 0 bridgehead atoms. The number of nitrogens with zero attached hydrogens (tertiary/aromatic N) is 6. The van der Waals surface area contributed by atoms with E-state index >= 15 is 0 Å². The molecule has 0 spiro atoms. The summed E-state index contributed by atoms with van der Waals surface area (Å²) in [5.41, 5.74) is -0.865. The molecule has 0 unspecified atom stereocenters. The third kappa shape index (κ3) is 3.53. The van der Waals surface area contributed by atoms with Gasteiger partial charge in [0.05, 0.1) is 11.9 Å². The molecule has 2 aromatic heterocycles. The Kier molecular flexibility index (Phi) is 4.55. The molecule has 1 aliphatic heterocycles. The number of rotatable bonds is 2. The van der Waals surface area contributed by atoms with E-state index in [0.29, 0.717) is 31.9 Å². The third-order valence-electron chi connectivity index (χ3n) is 3.90. The molecule has 0 aromatic carbocycles. The Morgan fingerprint density at radius 1 is 1.16 bits per heavy atom. The van der Waals surface area contributed by atoms with Crippen LogP contribution in [0.15, 0.2) is 23.3 Å². The third-order valence-corrected chi connectivity index (χ3v) is 4.25. The second-order valence-electron chi connectivity index (χ2n) is 5.49. The minimum atomic E-state index is -4.51. The lowest BCUT2D eigenvalue weighted by molar-refractivity contribution is -0.141. The second-order valence-corrected chi connectivity index (χ2v) is 5.86. The lowest BCUT2D eigenvalue weighted by atomic mass is 10.3. The molecule has 0 N–H and O–H groups in total. The summed E-state index contributed by atoms with van der Waals surface area (Å²) in [4.78, 5) is 22.9. The lowest BCUT2D eigenvalue weighted by Crippen LogP contribution is -2.47. The van der Waals surface area contributed by atoms with Crippen molar-refractivity contribution in [1.29, 1.82) is 0 Å². The van der Waals surface area contributed by atoms with E-state index in [1.165, 1.54) is 13.2 Å². The number of piperazine rings is 1. The maximum Gasteiger partial charge on any atom is 0.433 e. The van der Waals surface area contributed by atoms with Crippen LogP contribution >= 0.6 is 11.6 Å². The molecule has 0 radical (unpaired) electrons. The second kappa shape index (κ2) is 6.51. The Morgan fingerprint density at radius 3 is 2.44 bits per heavy atom. The smallest absolute Gasteiger partial charge is 0.365 e. The van der Waals surface area contributed by atoms with E-state index in [1.807, 2.05) is 4.90 Å². The zero-order valence-corrected chi connectivity index (χ0v) is 13.9. The molecule has 3 heterocycles. The number of aryl methyl sites for hydroxylation is 1. The van der Waals surface area contributed by atoms with Gasteiger partial charge in [0.2, 0.25) is 5.95 Å². The number of alkyl halides is 3. The van der Waals surface area contributed by atoms with Crippen LogP contribution in [0.25, 0.3) is 0 Å². The Morgan fingerprint density at radius 2 is 1.80 bits per heavy atom. The van der Waals surface area contributed by atoms with E-state index in [0.717, 1.165) is 16.9 Å². The first-order valence-corrected chi connectivity index (χ1v) is 7.77. The molecule has 0 saturated carbocycles. The molecule has 1 aliphatic rings. The topological polar surface area (TPSA) is 67.2 Å². The molecular formula is C14H14ClF3N6O. The fraction of sp³-hybridized carbons (Fsp3) is 0.429. The van der Waals surface area contributed by atoms with Crippen molar-refractivity contribution in [2.45, 2.75) is 6.18 Å². The highest BCUT2D eigenvalue weighted by Crippen LogP contribution is 2.28. The van der Waals surface area contributed by atoms with Gasteiger partial charge in [-0.15, -0.1) is 0 Å². The van der Waals surface area contributed by atoms with E-state index in [4.69, 9.17) is 11.6 Å². The monoisotopic (exact) mass is 374 g/mol. The van der Waals surface area contributed by atoms with Gasteiger partial charge in [-0.05, 0) is 6.07 Å². The van der Waals surface area contributed by atoms with Crippen LogP contribution in [0.5, 0.6) is 0 Å². The van der Waals surface area contributed by atoms with Crippen molar-refractivity contribution in [2.75, 3.05) is 36.0 Å². The molecule has 7 nitrogen and oxygen atoms in total. The number of halogens is 4. The van der Waals surface area contributed by atoms with E-state index in [9.17, 15) is 18.0 Å². The first kappa shape index (κ1) is 17.5. The summed E-state index contributed by atoms with van der Waals surface area (Å²) in [7, 11) is 1.50. The molecule has 25 heavy (non-hydrogen) atoms. The van der Waals surface area contributed by atoms with Crippen LogP contribution < -0.4 is 15.4 Å². The number of hydrogen-bond donors (Lipinski definition) is 0. The quantitative estimate of drug-likeness (QED) is 0.795. The molecule has 1 saturated heterocycles. The van der Waals surface area contributed by atoms with E-state index in [2.05, 4.69) is 15.1 Å². The zero-order valence-electron chi connectivity index (χ0n) is 13.2. The summed E-state index contributed by atoms with van der Waals surface area (Å²) in [5.74, 6) is 0.0303. The summed E-state index contributed by atoms with van der Waals surface area (Å²) in [6, 6.07) is 0.838. The molecule has 134 valence electrons. The number of hydrogen-bond acceptors (Lipinski definition) is 6. The molecule has 1 fully saturated rings. The van der Waals surface area contributed by atoms with Gasteiger partial charge in [-0.25, -0.2) is 14.6 Å². The van der Waals surface area contributed by atoms with E-state index in [1.54, 1.807) is 4.90 Å². The standard InChI is InChI=1S/C14H14ClF3N6O/c1-22-12(25)11(15)9(8-20-22)23-4-6-24(7-5-23)13-19-3-2-10(21-13)14(16,17)18/h2-3,8H,4-7H2,1H3. The van der Waals surface area contributed by atoms with Gasteiger partial charge in [-0.3, -0.25) is 4.79 Å². The van der Waals surface area contributed by atoms with Crippen molar-refractivity contribution in [3.8, 4) is 0 Å². The van der Waals surface area contributed by atoms with Crippen LogP contribution in [0.2, 0.25) is 5.02 Å². The van der Waals surface area contributed by atoms with Gasteiger partial charge < -0.3 is 9.80 Å². The Balaban J connectivity index is 1.75. The molecule has 0 aliphatic carbocycles. The molecule has 0 atom stereocenters. The minimum absolute atomic E-state index is 0.0303. The van der Waals surface area contributed by atoms with Crippen molar-refractivity contribution in [1.82, 2.24) is 19.7 Å². The Labute approximate surface area is 145 Å². The first-order valence-electron chi connectivity index (χ1n) is 7.39. The van der Waals surface area contributed by atoms with Crippen LogP contribution in [0.4, 0.5) is 24.8 Å². The molecule has 3 rings (SSSR count). The van der Waals surface area contributed by atoms with E-state index < -0.39 is 17.4 Å². The highest BCUT2D eigenvalue weighted by Gasteiger charge is 2.33. The highest BCUT2D eigenvalue weighted by molar-refractivity contribution is 6.33. The van der Waals surface area contributed by atoms with Crippen LogP contribution in [-0.4, -0.2) is 45.9 Å². The fourth-order valence-electron chi connectivity index (χ4n) is 2.53. The van der Waals surface area contributed by atoms with Crippen LogP contribution in [-0.2, 0) is 13.2 Å². The van der Waals surface area contributed by atoms with Gasteiger partial charge in [-0.2, -0.15) is 18.3 Å². The number of aromatic nitrogens is 4. The van der Waals surface area contributed by atoms with Gasteiger partial charge in [0, 0.05) is 39.4 Å². The lowest BCUT2D eigenvalue weighted by Gasteiger charge is -2.36. The van der Waals surface area contributed by atoms with Crippen LogP contribution in [0.3, 0.4) is 0 Å². The summed E-state index contributed by atoms with van der Waals surface area (Å²) >= 11 is 6.08. The predicted octanol–water partition coefficient (Wildman–Crippen LogP) is 1.57. The van der Waals surface area contributed by atoms with Crippen molar-refractivity contribution in [3.63, 3.8) is 0 Å². The van der Waals surface area contributed by atoms with Crippen molar-refractivity contribution < 1.29 is 13.2 Å². The van der Waals surface area contributed by atoms with Crippen molar-refractivity contribution in [2.24, 2.45) is 7.05 Å². The van der Waals surface area contributed by atoms with Crippen LogP contribution in [0, 0.1) is 0 Å². The SMILES string of the molecule is Cn1ncc(N2CCN(c3nccc(C(F)(F)F)n3)CC2)c(Cl)c1=O. The minimum Gasteiger partial charge on any atom is -0.365 e. The average Bonchev–Trinajstić information content (AvgIpc) is 2.59. The zero-order chi connectivity index (χ0) is 18.2. The Bertz CT molecular complexity index is 832. The summed E-state index contributed by atoms with van der Waals surface area (Å²) in [6.45, 7) is 1.70. The molecule has 11 heteroatoms. The molecule has 0 amide bonds. The number of anilines is 2. The van der Waals surface area contributed by atoms with Crippen molar-refractivity contribution >= 4 is 23.2 Å². The predicted molar refractivity (Wildman–Crippen MR) is 85.9 cm³/mol. The maximum absolute atomic E-state index is 12.8. The fourth-order valence-corrected chi connectivity index (χ4v) is 2.82. The highest BCUT2D eigenvalue weighted by atomic mass is 35.5. The largest absolute Gasteiger partial charge is 0.433 e. The average molecular weight is 375 g/mol. The van der Waals surface area contributed by atoms with Gasteiger partial charge in [0.25, 0.3) is 5.56 Å². The van der Waals surface area contributed by atoms with Gasteiger partial charge in [0.15, 0.2) is 0 Å². The molecule has 2 aromatic rings. The Hall–Kier alpha value is -2.36. The van der Waals surface area contributed by atoms with E-state index in [-0.39, 0.29) is 11.0 Å². The maximum atomic E-state index is 12.8. The van der Waals surface area contributed by atoms with Crippen LogP contribution in [0.1, 0.15) is 5.69 Å². The van der Waals surface area contributed by atoms with Gasteiger partial charge in [-0.1, -0.05) is 11.6 Å². The normalized spacial score (nSPS) is 15.6. The van der Waals surface area contributed by atoms with Gasteiger partial charge >= 0.3 is 6.18 Å². The summed E-state index contributed by atoms with van der Waals surface area (Å²) < 4.78 is 39.4. The molecular weight excluding hydrogens is 361 g/mol. The summed E-state index contributed by atoms with van der Waals surface area (Å²) in [5, 5.41) is 4.02. The summed E-state index contributed by atoms with van der Waals surface area (Å²) in [6.07, 6.45) is -1.91. The van der Waals surface area contributed by atoms with Crippen molar-refractivity contribution in [3.05, 3.63) is 39.5 Å².